The molecule has 1 aliphatic rings. The summed E-state index contributed by atoms with van der Waals surface area (Å²) in [7, 11) is 0. The normalized spacial score (nSPS) is 15.9. The Morgan fingerprint density at radius 1 is 1.11 bits per heavy atom. The lowest BCUT2D eigenvalue weighted by atomic mass is 9.97. The zero-order valence-corrected chi connectivity index (χ0v) is 15.6. The molecule has 3 rings (SSSR count). The number of hydrogen-bond acceptors (Lipinski definition) is 5. The Bertz CT molecular complexity index is 809. The van der Waals surface area contributed by atoms with Crippen LogP contribution in [0, 0.1) is 10.1 Å². The van der Waals surface area contributed by atoms with Crippen molar-refractivity contribution in [1.82, 2.24) is 0 Å². The molecule has 0 spiro atoms. The third kappa shape index (κ3) is 5.05. The van der Waals surface area contributed by atoms with E-state index in [1.807, 2.05) is 0 Å². The molecule has 2 aromatic rings. The Kier molecular flexibility index (Phi) is 6.41. The number of ether oxygens (including phenoxy) is 1. The molecule has 0 saturated heterocycles. The maximum atomic E-state index is 11.8. The average molecular weight is 389 g/mol. The largest absolute Gasteiger partial charge is 0.755 e. The topological polar surface area (TPSA) is 95.7 Å². The van der Waals surface area contributed by atoms with E-state index in [9.17, 15) is 18.9 Å². The molecule has 1 atom stereocenters. The van der Waals surface area contributed by atoms with Crippen molar-refractivity contribution in [3.05, 3.63) is 64.2 Å². The Hall–Kier alpha value is -2.45. The number of rotatable bonds is 7. The molecule has 0 N–H and O–H groups in total. The number of hydrogen-bond donors (Lipinski definition) is 0. The van der Waals surface area contributed by atoms with Gasteiger partial charge >= 0.3 is 0 Å². The molecule has 0 bridgehead atoms. The molecule has 0 radical (unpaired) electrons. The first-order valence-electron chi connectivity index (χ1n) is 8.90. The number of nitro groups is 1. The van der Waals surface area contributed by atoms with Crippen LogP contribution in [0.2, 0.25) is 0 Å². The lowest BCUT2D eigenvalue weighted by molar-refractivity contribution is -0.385. The number of benzene rings is 2. The molecule has 27 heavy (non-hydrogen) atoms. The summed E-state index contributed by atoms with van der Waals surface area (Å²) >= 11 is -2.49. The molecule has 2 aromatic carbocycles. The van der Waals surface area contributed by atoms with Crippen molar-refractivity contribution < 1.29 is 18.4 Å². The first kappa shape index (κ1) is 19.3. The molecule has 0 aliphatic heterocycles. The van der Waals surface area contributed by atoms with Crippen molar-refractivity contribution in [2.24, 2.45) is 0 Å². The van der Waals surface area contributed by atoms with Crippen LogP contribution in [-0.4, -0.2) is 19.8 Å². The maximum Gasteiger partial charge on any atom is 0.273 e. The third-order valence-corrected chi connectivity index (χ3v) is 5.35. The highest BCUT2D eigenvalue weighted by atomic mass is 32.2. The minimum absolute atomic E-state index is 0.00225. The number of para-hydroxylation sites is 1. The van der Waals surface area contributed by atoms with Gasteiger partial charge in [0.25, 0.3) is 5.69 Å². The summed E-state index contributed by atoms with van der Waals surface area (Å²) in [6, 6.07) is 13.0. The van der Waals surface area contributed by atoms with Crippen molar-refractivity contribution in [1.29, 1.82) is 0 Å². The predicted octanol–water partition coefficient (Wildman–Crippen LogP) is 4.11. The molecule has 1 saturated carbocycles. The molecule has 144 valence electrons. The van der Waals surface area contributed by atoms with E-state index in [0.717, 1.165) is 25.7 Å². The van der Waals surface area contributed by atoms with Crippen LogP contribution in [0.15, 0.2) is 48.5 Å². The van der Waals surface area contributed by atoms with Crippen LogP contribution >= 0.6 is 0 Å². The summed E-state index contributed by atoms with van der Waals surface area (Å²) in [6.07, 6.45) is 5.10. The van der Waals surface area contributed by atoms with Crippen LogP contribution in [0.3, 0.4) is 0 Å². The van der Waals surface area contributed by atoms with Gasteiger partial charge in [-0.05, 0) is 43.9 Å². The van der Waals surface area contributed by atoms with E-state index < -0.39 is 16.2 Å². The van der Waals surface area contributed by atoms with Crippen molar-refractivity contribution >= 4 is 22.6 Å². The van der Waals surface area contributed by atoms with Gasteiger partial charge in [0.2, 0.25) is 0 Å². The van der Waals surface area contributed by atoms with E-state index >= 15 is 0 Å². The van der Waals surface area contributed by atoms with Gasteiger partial charge in [0.15, 0.2) is 0 Å². The summed E-state index contributed by atoms with van der Waals surface area (Å²) in [5.41, 5.74) is 1.05. The van der Waals surface area contributed by atoms with Gasteiger partial charge in [0.1, 0.15) is 5.75 Å². The zero-order chi connectivity index (χ0) is 19.2. The fourth-order valence-corrected chi connectivity index (χ4v) is 3.78. The highest BCUT2D eigenvalue weighted by molar-refractivity contribution is 7.80. The SMILES string of the molecule is O=[N+]([O-])c1ccc(CN(c2ccccc2)S(=O)[O-])c(OC2CCCCC2)c1. The molecule has 1 unspecified atom stereocenters. The first-order valence-corrected chi connectivity index (χ1v) is 9.93. The number of non-ortho nitro benzene ring substituents is 1. The molecule has 1 fully saturated rings. The second-order valence-electron chi connectivity index (χ2n) is 6.52. The van der Waals surface area contributed by atoms with Gasteiger partial charge < -0.3 is 9.29 Å². The second-order valence-corrected chi connectivity index (χ2v) is 7.39. The summed E-state index contributed by atoms with van der Waals surface area (Å²) in [6.45, 7) is 0.0418. The Balaban J connectivity index is 1.90. The van der Waals surface area contributed by atoms with Crippen LogP contribution in [0.25, 0.3) is 0 Å². The van der Waals surface area contributed by atoms with E-state index in [4.69, 9.17) is 4.74 Å². The Morgan fingerprint density at radius 3 is 2.44 bits per heavy atom. The summed E-state index contributed by atoms with van der Waals surface area (Å²) < 4.78 is 30.8. The van der Waals surface area contributed by atoms with E-state index in [0.29, 0.717) is 17.0 Å². The van der Waals surface area contributed by atoms with Gasteiger partial charge in [-0.25, -0.2) is 0 Å². The van der Waals surface area contributed by atoms with Gasteiger partial charge in [-0.15, -0.1) is 0 Å². The fraction of sp³-hybridized carbons (Fsp3) is 0.368. The van der Waals surface area contributed by atoms with E-state index in [1.54, 1.807) is 36.4 Å². The zero-order valence-electron chi connectivity index (χ0n) is 14.8. The third-order valence-electron chi connectivity index (χ3n) is 4.65. The molecular formula is C19H21N2O5S-. The first-order chi connectivity index (χ1) is 13.0. The highest BCUT2D eigenvalue weighted by Crippen LogP contribution is 2.31. The second kappa shape index (κ2) is 8.96. The average Bonchev–Trinajstić information content (AvgIpc) is 2.68. The van der Waals surface area contributed by atoms with Crippen LogP contribution in [0.5, 0.6) is 5.75 Å². The molecule has 7 nitrogen and oxygen atoms in total. The predicted molar refractivity (Wildman–Crippen MR) is 102 cm³/mol. The molecule has 0 aromatic heterocycles. The number of anilines is 1. The van der Waals surface area contributed by atoms with Crippen LogP contribution < -0.4 is 9.04 Å². The Morgan fingerprint density at radius 2 is 1.81 bits per heavy atom. The number of nitrogens with zero attached hydrogens (tertiary/aromatic N) is 2. The summed E-state index contributed by atoms with van der Waals surface area (Å²) in [5.74, 6) is 0.377. The molecule has 8 heteroatoms. The Labute approximate surface area is 160 Å². The van der Waals surface area contributed by atoms with Gasteiger partial charge in [0.05, 0.1) is 23.6 Å². The minimum Gasteiger partial charge on any atom is -0.755 e. The van der Waals surface area contributed by atoms with Crippen molar-refractivity contribution in [2.45, 2.75) is 44.8 Å². The van der Waals surface area contributed by atoms with Crippen LogP contribution in [-0.2, 0) is 17.8 Å². The van der Waals surface area contributed by atoms with E-state index in [1.165, 1.54) is 22.9 Å². The standard InChI is InChI=1S/C19H22N2O5S/c22-21(23)17-12-11-15(19(13-17)26-18-9-5-2-6-10-18)14-20(27(24)25)16-7-3-1-4-8-16/h1,3-4,7-8,11-13,18H,2,5-6,9-10,14H2,(H,24,25)/p-1. The highest BCUT2D eigenvalue weighted by Gasteiger charge is 2.20. The van der Waals surface area contributed by atoms with Gasteiger partial charge in [0, 0.05) is 28.6 Å². The monoisotopic (exact) mass is 389 g/mol. The smallest absolute Gasteiger partial charge is 0.273 e. The van der Waals surface area contributed by atoms with Gasteiger partial charge in [-0.1, -0.05) is 24.6 Å². The van der Waals surface area contributed by atoms with Crippen molar-refractivity contribution in [2.75, 3.05) is 4.31 Å². The molecule has 0 amide bonds. The van der Waals surface area contributed by atoms with Crippen LogP contribution in [0.4, 0.5) is 11.4 Å². The lowest BCUT2D eigenvalue weighted by Crippen LogP contribution is -2.26. The molecule has 0 heterocycles. The van der Waals surface area contributed by atoms with Gasteiger partial charge in [-0.3, -0.25) is 18.6 Å². The van der Waals surface area contributed by atoms with Crippen LogP contribution in [0.1, 0.15) is 37.7 Å². The summed E-state index contributed by atoms with van der Waals surface area (Å²) in [4.78, 5) is 10.7. The summed E-state index contributed by atoms with van der Waals surface area (Å²) in [5, 5.41) is 11.1. The quantitative estimate of drug-likeness (QED) is 0.403. The minimum atomic E-state index is -2.49. The van der Waals surface area contributed by atoms with E-state index in [2.05, 4.69) is 0 Å². The fourth-order valence-electron chi connectivity index (χ4n) is 3.24. The number of nitro benzene ring substituents is 1. The van der Waals surface area contributed by atoms with E-state index in [-0.39, 0.29) is 18.3 Å². The van der Waals surface area contributed by atoms with Crippen molar-refractivity contribution in [3.8, 4) is 5.75 Å². The lowest BCUT2D eigenvalue weighted by Gasteiger charge is -2.28. The van der Waals surface area contributed by atoms with Gasteiger partial charge in [-0.2, -0.15) is 0 Å². The van der Waals surface area contributed by atoms with Crippen molar-refractivity contribution in [3.63, 3.8) is 0 Å². The molecular weight excluding hydrogens is 368 g/mol. The molecule has 1 aliphatic carbocycles. The maximum absolute atomic E-state index is 11.8.